The summed E-state index contributed by atoms with van der Waals surface area (Å²) in [5.74, 6) is -3.12. The van der Waals surface area contributed by atoms with Gasteiger partial charge in [0.1, 0.15) is 0 Å². The highest BCUT2D eigenvalue weighted by Gasteiger charge is 2.38. The highest BCUT2D eigenvalue weighted by Crippen LogP contribution is 2.13. The second kappa shape index (κ2) is 5.88. The van der Waals surface area contributed by atoms with Gasteiger partial charge in [0.25, 0.3) is 0 Å². The molecule has 0 spiro atoms. The van der Waals surface area contributed by atoms with Crippen molar-refractivity contribution in [3.8, 4) is 0 Å². The van der Waals surface area contributed by atoms with Gasteiger partial charge in [-0.05, 0) is 18.6 Å². The van der Waals surface area contributed by atoms with Gasteiger partial charge in [-0.3, -0.25) is 4.79 Å². The van der Waals surface area contributed by atoms with E-state index in [1.807, 2.05) is 19.1 Å². The Kier molecular flexibility index (Phi) is 5.17. The SMILES string of the molecule is Cc1ccccc1C(N)=O.O=C(O)C(F)(F)F. The fraction of sp³-hybridized carbons (Fsp3) is 0.200. The van der Waals surface area contributed by atoms with Crippen LogP contribution in [-0.4, -0.2) is 23.2 Å². The van der Waals surface area contributed by atoms with Gasteiger partial charge >= 0.3 is 12.1 Å². The first kappa shape index (κ1) is 14.9. The van der Waals surface area contributed by atoms with Gasteiger partial charge in [0.15, 0.2) is 0 Å². The van der Waals surface area contributed by atoms with Crippen molar-refractivity contribution in [2.45, 2.75) is 13.1 Å². The molecule has 1 amide bonds. The van der Waals surface area contributed by atoms with Crippen LogP contribution >= 0.6 is 0 Å². The molecule has 0 unspecified atom stereocenters. The molecular weight excluding hydrogens is 239 g/mol. The molecule has 0 aromatic heterocycles. The van der Waals surface area contributed by atoms with Crippen LogP contribution in [0.2, 0.25) is 0 Å². The number of aliphatic carboxylic acids is 1. The lowest BCUT2D eigenvalue weighted by Crippen LogP contribution is -2.21. The molecule has 0 bridgehead atoms. The molecule has 17 heavy (non-hydrogen) atoms. The van der Waals surface area contributed by atoms with Crippen molar-refractivity contribution in [3.05, 3.63) is 35.4 Å². The van der Waals surface area contributed by atoms with E-state index in [2.05, 4.69) is 0 Å². The first-order valence-corrected chi connectivity index (χ1v) is 4.31. The number of halogens is 3. The van der Waals surface area contributed by atoms with E-state index in [9.17, 15) is 18.0 Å². The third kappa shape index (κ3) is 5.55. The molecule has 0 aliphatic heterocycles. The minimum Gasteiger partial charge on any atom is -0.475 e. The number of hydrogen-bond donors (Lipinski definition) is 2. The first-order valence-electron chi connectivity index (χ1n) is 4.31. The zero-order valence-corrected chi connectivity index (χ0v) is 8.78. The van der Waals surface area contributed by atoms with Crippen LogP contribution in [0, 0.1) is 6.92 Å². The van der Waals surface area contributed by atoms with Gasteiger partial charge in [-0.25, -0.2) is 4.79 Å². The average Bonchev–Trinajstić information content (AvgIpc) is 2.17. The Labute approximate surface area is 94.9 Å². The summed E-state index contributed by atoms with van der Waals surface area (Å²) in [5.41, 5.74) is 6.60. The third-order valence-electron chi connectivity index (χ3n) is 1.65. The molecule has 94 valence electrons. The topological polar surface area (TPSA) is 80.4 Å². The van der Waals surface area contributed by atoms with E-state index in [1.165, 1.54) is 0 Å². The van der Waals surface area contributed by atoms with Crippen molar-refractivity contribution in [1.29, 1.82) is 0 Å². The highest BCUT2D eigenvalue weighted by atomic mass is 19.4. The molecule has 1 aromatic rings. The summed E-state index contributed by atoms with van der Waals surface area (Å²) in [6, 6.07) is 7.26. The Bertz CT molecular complexity index is 416. The summed E-state index contributed by atoms with van der Waals surface area (Å²) in [4.78, 5) is 19.5. The molecule has 7 heteroatoms. The molecule has 0 fully saturated rings. The number of alkyl halides is 3. The van der Waals surface area contributed by atoms with Crippen molar-refractivity contribution >= 4 is 11.9 Å². The maximum atomic E-state index is 10.6. The van der Waals surface area contributed by atoms with Crippen molar-refractivity contribution in [2.24, 2.45) is 5.73 Å². The van der Waals surface area contributed by atoms with E-state index >= 15 is 0 Å². The lowest BCUT2D eigenvalue weighted by atomic mass is 10.1. The van der Waals surface area contributed by atoms with Gasteiger partial charge in [-0.2, -0.15) is 13.2 Å². The molecule has 4 nitrogen and oxygen atoms in total. The maximum Gasteiger partial charge on any atom is 0.490 e. The van der Waals surface area contributed by atoms with Gasteiger partial charge in [-0.15, -0.1) is 0 Å². The molecule has 3 N–H and O–H groups in total. The number of primary amides is 1. The predicted molar refractivity (Wildman–Crippen MR) is 53.4 cm³/mol. The number of amides is 1. The summed E-state index contributed by atoms with van der Waals surface area (Å²) >= 11 is 0. The van der Waals surface area contributed by atoms with Crippen molar-refractivity contribution in [2.75, 3.05) is 0 Å². The van der Waals surface area contributed by atoms with Crippen molar-refractivity contribution in [1.82, 2.24) is 0 Å². The lowest BCUT2D eigenvalue weighted by molar-refractivity contribution is -0.192. The largest absolute Gasteiger partial charge is 0.490 e. The molecule has 0 radical (unpaired) electrons. The van der Waals surface area contributed by atoms with E-state index in [-0.39, 0.29) is 5.91 Å². The van der Waals surface area contributed by atoms with Crippen molar-refractivity contribution in [3.63, 3.8) is 0 Å². The minimum absolute atomic E-state index is 0.363. The molecular formula is C10H10F3NO3. The van der Waals surface area contributed by atoms with Crippen LogP contribution in [0.15, 0.2) is 24.3 Å². The number of carboxylic acids is 1. The minimum atomic E-state index is -5.08. The fourth-order valence-electron chi connectivity index (χ4n) is 0.849. The quantitative estimate of drug-likeness (QED) is 0.795. The van der Waals surface area contributed by atoms with Gasteiger partial charge in [0.05, 0.1) is 0 Å². The number of carboxylic acid groups (broad SMARTS) is 1. The Hall–Kier alpha value is -2.05. The number of carbonyl (C=O) groups excluding carboxylic acids is 1. The summed E-state index contributed by atoms with van der Waals surface area (Å²) in [6.45, 7) is 1.86. The van der Waals surface area contributed by atoms with E-state index < -0.39 is 12.1 Å². The Morgan fingerprint density at radius 3 is 1.88 bits per heavy atom. The van der Waals surface area contributed by atoms with Gasteiger partial charge < -0.3 is 10.8 Å². The van der Waals surface area contributed by atoms with Crippen LogP contribution in [0.4, 0.5) is 13.2 Å². The molecule has 0 saturated carbocycles. The predicted octanol–water partition coefficient (Wildman–Crippen LogP) is 1.73. The Morgan fingerprint density at radius 2 is 1.65 bits per heavy atom. The van der Waals surface area contributed by atoms with Crippen LogP contribution in [-0.2, 0) is 4.79 Å². The summed E-state index contributed by atoms with van der Waals surface area (Å²) < 4.78 is 31.7. The first-order chi connectivity index (χ1) is 7.66. The number of rotatable bonds is 1. The second-order valence-electron chi connectivity index (χ2n) is 2.98. The number of benzene rings is 1. The van der Waals surface area contributed by atoms with Crippen LogP contribution in [0.25, 0.3) is 0 Å². The monoisotopic (exact) mass is 249 g/mol. The summed E-state index contributed by atoms with van der Waals surface area (Å²) in [7, 11) is 0. The lowest BCUT2D eigenvalue weighted by Gasteiger charge is -1.97. The molecule has 1 aromatic carbocycles. The van der Waals surface area contributed by atoms with E-state index in [1.54, 1.807) is 12.1 Å². The standard InChI is InChI=1S/C8H9NO.C2HF3O2/c1-6-4-2-3-5-7(6)8(9)10;3-2(4,5)1(6)7/h2-5H,1H3,(H2,9,10);(H,6,7). The third-order valence-corrected chi connectivity index (χ3v) is 1.65. The second-order valence-corrected chi connectivity index (χ2v) is 2.98. The zero-order valence-electron chi connectivity index (χ0n) is 8.78. The number of hydrogen-bond acceptors (Lipinski definition) is 2. The van der Waals surface area contributed by atoms with E-state index in [4.69, 9.17) is 15.6 Å². The van der Waals surface area contributed by atoms with Crippen LogP contribution < -0.4 is 5.73 Å². The molecule has 0 aliphatic carbocycles. The smallest absolute Gasteiger partial charge is 0.475 e. The van der Waals surface area contributed by atoms with Crippen LogP contribution in [0.1, 0.15) is 15.9 Å². The summed E-state index contributed by atoms with van der Waals surface area (Å²) in [5, 5.41) is 7.12. The Morgan fingerprint density at radius 1 is 1.24 bits per heavy atom. The highest BCUT2D eigenvalue weighted by molar-refractivity contribution is 5.94. The van der Waals surface area contributed by atoms with Gasteiger partial charge in [-0.1, -0.05) is 18.2 Å². The fourth-order valence-corrected chi connectivity index (χ4v) is 0.849. The summed E-state index contributed by atoms with van der Waals surface area (Å²) in [6.07, 6.45) is -5.08. The number of aryl methyl sites for hydroxylation is 1. The van der Waals surface area contributed by atoms with E-state index in [0.717, 1.165) is 5.56 Å². The molecule has 0 saturated heterocycles. The van der Waals surface area contributed by atoms with Crippen LogP contribution in [0.3, 0.4) is 0 Å². The number of nitrogens with two attached hydrogens (primary N) is 1. The van der Waals surface area contributed by atoms with Crippen LogP contribution in [0.5, 0.6) is 0 Å². The zero-order chi connectivity index (χ0) is 13.6. The van der Waals surface area contributed by atoms with Gasteiger partial charge in [0, 0.05) is 5.56 Å². The van der Waals surface area contributed by atoms with E-state index in [0.29, 0.717) is 5.56 Å². The molecule has 0 atom stereocenters. The molecule has 0 heterocycles. The van der Waals surface area contributed by atoms with Gasteiger partial charge in [0.2, 0.25) is 5.91 Å². The average molecular weight is 249 g/mol. The van der Waals surface area contributed by atoms with Crippen molar-refractivity contribution < 1.29 is 27.9 Å². The normalized spacial score (nSPS) is 10.1. The molecule has 1 rings (SSSR count). The maximum absolute atomic E-state index is 10.6. The Balaban J connectivity index is 0.000000325. The number of carbonyl (C=O) groups is 2. The molecule has 0 aliphatic rings.